The van der Waals surface area contributed by atoms with Crippen LogP contribution < -0.4 is 4.18 Å². The molecule has 1 aromatic carbocycles. The molecule has 1 aliphatic heterocycles. The molecular formula is C17H22F3NO6S. The fraction of sp³-hybridized carbons (Fsp3) is 0.588. The summed E-state index contributed by atoms with van der Waals surface area (Å²) >= 11 is 0. The SMILES string of the molecule is CN(CC1OCCc2cccc(OS(=O)(=O)C(F)(F)F)c21)C(=O)OC(C)(C)C. The molecule has 1 aromatic rings. The quantitative estimate of drug-likeness (QED) is 0.543. The highest BCUT2D eigenvalue weighted by Gasteiger charge is 2.49. The van der Waals surface area contributed by atoms with Crippen molar-refractivity contribution >= 4 is 16.2 Å². The minimum absolute atomic E-state index is 0.0612. The van der Waals surface area contributed by atoms with Gasteiger partial charge in [0.2, 0.25) is 0 Å². The number of rotatable bonds is 4. The first-order valence-electron chi connectivity index (χ1n) is 8.39. The average molecular weight is 425 g/mol. The smallest absolute Gasteiger partial charge is 0.444 e. The number of hydrogen-bond donors (Lipinski definition) is 0. The Kier molecular flexibility index (Phi) is 6.19. The minimum atomic E-state index is -5.84. The molecule has 0 aliphatic carbocycles. The lowest BCUT2D eigenvalue weighted by molar-refractivity contribution is -0.0502. The summed E-state index contributed by atoms with van der Waals surface area (Å²) < 4.78 is 76.2. The van der Waals surface area contributed by atoms with E-state index in [4.69, 9.17) is 9.47 Å². The third kappa shape index (κ3) is 5.28. The van der Waals surface area contributed by atoms with Crippen LogP contribution in [0, 0.1) is 0 Å². The van der Waals surface area contributed by atoms with Crippen molar-refractivity contribution in [2.24, 2.45) is 0 Å². The van der Waals surface area contributed by atoms with Crippen LogP contribution in [0.5, 0.6) is 5.75 Å². The van der Waals surface area contributed by atoms with Crippen molar-refractivity contribution < 1.29 is 40.0 Å². The molecule has 0 saturated carbocycles. The van der Waals surface area contributed by atoms with E-state index in [1.54, 1.807) is 26.8 Å². The first-order chi connectivity index (χ1) is 12.7. The molecule has 158 valence electrons. The summed E-state index contributed by atoms with van der Waals surface area (Å²) in [4.78, 5) is 13.4. The number of amides is 1. The van der Waals surface area contributed by atoms with Crippen molar-refractivity contribution in [1.82, 2.24) is 4.90 Å². The van der Waals surface area contributed by atoms with E-state index in [9.17, 15) is 26.4 Å². The van der Waals surface area contributed by atoms with E-state index in [1.807, 2.05) is 0 Å². The van der Waals surface area contributed by atoms with Gasteiger partial charge in [0.1, 0.15) is 17.5 Å². The van der Waals surface area contributed by atoms with Crippen LogP contribution in [-0.4, -0.2) is 50.7 Å². The maximum absolute atomic E-state index is 12.7. The fourth-order valence-corrected chi connectivity index (χ4v) is 3.09. The van der Waals surface area contributed by atoms with Gasteiger partial charge in [0.15, 0.2) is 0 Å². The topological polar surface area (TPSA) is 82.1 Å². The molecule has 0 aromatic heterocycles. The van der Waals surface area contributed by atoms with E-state index in [0.29, 0.717) is 12.0 Å². The van der Waals surface area contributed by atoms with Crippen molar-refractivity contribution in [1.29, 1.82) is 0 Å². The molecule has 1 unspecified atom stereocenters. The lowest BCUT2D eigenvalue weighted by Crippen LogP contribution is -2.38. The van der Waals surface area contributed by atoms with Crippen molar-refractivity contribution in [2.45, 2.75) is 44.4 Å². The molecule has 0 bridgehead atoms. The summed E-state index contributed by atoms with van der Waals surface area (Å²) in [7, 11) is -4.39. The molecule has 0 radical (unpaired) electrons. The van der Waals surface area contributed by atoms with Gasteiger partial charge in [-0.1, -0.05) is 12.1 Å². The van der Waals surface area contributed by atoms with Gasteiger partial charge in [-0.3, -0.25) is 0 Å². The zero-order valence-electron chi connectivity index (χ0n) is 15.9. The summed E-state index contributed by atoms with van der Waals surface area (Å²) in [6.07, 6.45) is -1.16. The molecule has 1 heterocycles. The predicted octanol–water partition coefficient (Wildman–Crippen LogP) is 3.40. The second kappa shape index (κ2) is 7.78. The zero-order valence-corrected chi connectivity index (χ0v) is 16.7. The molecule has 1 amide bonds. The molecular weight excluding hydrogens is 403 g/mol. The molecule has 1 aliphatic rings. The van der Waals surface area contributed by atoms with Gasteiger partial charge in [-0.15, -0.1) is 0 Å². The maximum atomic E-state index is 12.7. The van der Waals surface area contributed by atoms with Crippen LogP contribution in [-0.2, 0) is 26.0 Å². The van der Waals surface area contributed by atoms with Crippen molar-refractivity contribution in [3.63, 3.8) is 0 Å². The molecule has 0 N–H and O–H groups in total. The van der Waals surface area contributed by atoms with Crippen molar-refractivity contribution in [3.8, 4) is 5.75 Å². The number of hydrogen-bond acceptors (Lipinski definition) is 6. The Hall–Kier alpha value is -2.01. The largest absolute Gasteiger partial charge is 0.534 e. The van der Waals surface area contributed by atoms with Gasteiger partial charge in [-0.25, -0.2) is 4.79 Å². The zero-order chi connectivity index (χ0) is 21.3. The van der Waals surface area contributed by atoms with Gasteiger partial charge in [0.05, 0.1) is 13.2 Å². The van der Waals surface area contributed by atoms with Crippen molar-refractivity contribution in [2.75, 3.05) is 20.2 Å². The van der Waals surface area contributed by atoms with Crippen molar-refractivity contribution in [3.05, 3.63) is 29.3 Å². The molecule has 0 fully saturated rings. The van der Waals surface area contributed by atoms with Crippen LogP contribution in [0.2, 0.25) is 0 Å². The number of halogens is 3. The average Bonchev–Trinajstić information content (AvgIpc) is 2.52. The standard InChI is InChI=1S/C17H22F3NO6S/c1-16(2,3)26-15(22)21(4)10-13-14-11(8-9-25-13)6-5-7-12(14)27-28(23,24)17(18,19)20/h5-7,13H,8-10H2,1-4H3. The fourth-order valence-electron chi connectivity index (χ4n) is 2.61. The van der Waals surface area contributed by atoms with E-state index in [-0.39, 0.29) is 18.7 Å². The highest BCUT2D eigenvalue weighted by atomic mass is 32.2. The number of alkyl halides is 3. The number of benzene rings is 1. The Labute approximate surface area is 161 Å². The summed E-state index contributed by atoms with van der Waals surface area (Å²) in [5.74, 6) is -0.475. The third-order valence-corrected chi connectivity index (χ3v) is 4.76. The number of likely N-dealkylation sites (N-methyl/N-ethyl adjacent to an activating group) is 1. The summed E-state index contributed by atoms with van der Waals surface area (Å²) in [5.41, 5.74) is -5.54. The van der Waals surface area contributed by atoms with Crippen LogP contribution in [0.15, 0.2) is 18.2 Å². The lowest BCUT2D eigenvalue weighted by Gasteiger charge is -2.32. The third-order valence-electron chi connectivity index (χ3n) is 3.80. The molecule has 0 spiro atoms. The monoisotopic (exact) mass is 425 g/mol. The maximum Gasteiger partial charge on any atom is 0.534 e. The van der Waals surface area contributed by atoms with Crippen LogP contribution >= 0.6 is 0 Å². The van der Waals surface area contributed by atoms with Gasteiger partial charge >= 0.3 is 21.7 Å². The highest BCUT2D eigenvalue weighted by molar-refractivity contribution is 7.88. The number of ether oxygens (including phenoxy) is 2. The van der Waals surface area contributed by atoms with Crippen LogP contribution in [0.1, 0.15) is 38.0 Å². The minimum Gasteiger partial charge on any atom is -0.444 e. The predicted molar refractivity (Wildman–Crippen MR) is 93.3 cm³/mol. The summed E-state index contributed by atoms with van der Waals surface area (Å²) in [5, 5.41) is 0. The van der Waals surface area contributed by atoms with Gasteiger partial charge < -0.3 is 18.6 Å². The molecule has 0 saturated heterocycles. The first kappa shape index (κ1) is 22.3. The molecule has 7 nitrogen and oxygen atoms in total. The van der Waals surface area contributed by atoms with E-state index >= 15 is 0 Å². The second-order valence-electron chi connectivity index (χ2n) is 7.28. The Morgan fingerprint density at radius 1 is 1.29 bits per heavy atom. The molecule has 2 rings (SSSR count). The molecule has 28 heavy (non-hydrogen) atoms. The lowest BCUT2D eigenvalue weighted by atomic mass is 9.96. The van der Waals surface area contributed by atoms with E-state index in [1.165, 1.54) is 18.0 Å². The van der Waals surface area contributed by atoms with Gasteiger partial charge in [-0.2, -0.15) is 21.6 Å². The number of carbonyl (C=O) groups is 1. The normalized spacial score (nSPS) is 17.6. The van der Waals surface area contributed by atoms with E-state index in [0.717, 1.165) is 6.07 Å². The summed E-state index contributed by atoms with van der Waals surface area (Å²) in [6, 6.07) is 4.17. The Morgan fingerprint density at radius 3 is 2.50 bits per heavy atom. The Morgan fingerprint density at radius 2 is 1.93 bits per heavy atom. The highest BCUT2D eigenvalue weighted by Crippen LogP contribution is 2.38. The van der Waals surface area contributed by atoms with Crippen LogP contribution in [0.3, 0.4) is 0 Å². The number of carbonyl (C=O) groups excluding carboxylic acids is 1. The molecule has 1 atom stereocenters. The number of nitrogens with zero attached hydrogens (tertiary/aromatic N) is 1. The van der Waals surface area contributed by atoms with Gasteiger partial charge in [-0.05, 0) is 38.8 Å². The van der Waals surface area contributed by atoms with E-state index in [2.05, 4.69) is 4.18 Å². The van der Waals surface area contributed by atoms with Gasteiger partial charge in [0.25, 0.3) is 0 Å². The van der Waals surface area contributed by atoms with Crippen LogP contribution in [0.4, 0.5) is 18.0 Å². The Bertz CT molecular complexity index is 832. The van der Waals surface area contributed by atoms with Gasteiger partial charge in [0, 0.05) is 12.6 Å². The summed E-state index contributed by atoms with van der Waals surface area (Å²) in [6.45, 7) is 5.28. The first-order valence-corrected chi connectivity index (χ1v) is 9.80. The molecule has 11 heteroatoms. The van der Waals surface area contributed by atoms with E-state index < -0.39 is 39.2 Å². The Balaban J connectivity index is 2.30. The number of fused-ring (bicyclic) bond motifs is 1. The van der Waals surface area contributed by atoms with Crippen LogP contribution in [0.25, 0.3) is 0 Å². The second-order valence-corrected chi connectivity index (χ2v) is 8.82.